The van der Waals surface area contributed by atoms with Gasteiger partial charge >= 0.3 is 0 Å². The highest BCUT2D eigenvalue weighted by atomic mass is 127. The van der Waals surface area contributed by atoms with Crippen LogP contribution in [0.25, 0.3) is 0 Å². The summed E-state index contributed by atoms with van der Waals surface area (Å²) >= 11 is 2.31. The van der Waals surface area contributed by atoms with E-state index in [9.17, 15) is 0 Å². The van der Waals surface area contributed by atoms with Crippen molar-refractivity contribution in [3.8, 4) is 5.75 Å². The van der Waals surface area contributed by atoms with Crippen LogP contribution < -0.4 is 9.64 Å². The first-order valence-electron chi connectivity index (χ1n) is 7.51. The van der Waals surface area contributed by atoms with Gasteiger partial charge in [-0.15, -0.1) is 0 Å². The van der Waals surface area contributed by atoms with Crippen LogP contribution in [-0.4, -0.2) is 38.4 Å². The third-order valence-electron chi connectivity index (χ3n) is 3.62. The maximum absolute atomic E-state index is 5.77. The van der Waals surface area contributed by atoms with Gasteiger partial charge in [-0.05, 0) is 73.5 Å². The molecule has 20 heavy (non-hydrogen) atoms. The van der Waals surface area contributed by atoms with Crippen molar-refractivity contribution in [1.82, 2.24) is 0 Å². The van der Waals surface area contributed by atoms with Gasteiger partial charge in [-0.2, -0.15) is 0 Å². The summed E-state index contributed by atoms with van der Waals surface area (Å²) in [4.78, 5) is 1.67. The van der Waals surface area contributed by atoms with Crippen molar-refractivity contribution in [2.24, 2.45) is 0 Å². The van der Waals surface area contributed by atoms with Crippen LogP contribution in [-0.2, 0) is 4.74 Å². The lowest BCUT2D eigenvalue weighted by atomic mass is 10.2. The fourth-order valence-electron chi connectivity index (χ4n) is 2.79. The molecule has 2 rings (SSSR count). The van der Waals surface area contributed by atoms with Crippen molar-refractivity contribution in [2.75, 3.05) is 26.2 Å². The van der Waals surface area contributed by atoms with E-state index in [-0.39, 0.29) is 0 Å². The SMILES string of the molecule is C[C@@H]1C[NH+](CCCCOc2ccc(I)cc2)C[C@H](C)O1. The van der Waals surface area contributed by atoms with Crippen LogP contribution in [0.3, 0.4) is 0 Å². The molecule has 1 aromatic rings. The molecule has 1 N–H and O–H groups in total. The summed E-state index contributed by atoms with van der Waals surface area (Å²) < 4.78 is 12.8. The van der Waals surface area contributed by atoms with E-state index in [4.69, 9.17) is 9.47 Å². The van der Waals surface area contributed by atoms with Crippen LogP contribution in [0.2, 0.25) is 0 Å². The number of quaternary nitrogens is 1. The summed E-state index contributed by atoms with van der Waals surface area (Å²) in [6, 6.07) is 8.24. The molecule has 1 aliphatic rings. The minimum Gasteiger partial charge on any atom is -0.494 e. The van der Waals surface area contributed by atoms with Gasteiger partial charge in [-0.25, -0.2) is 0 Å². The Morgan fingerprint density at radius 2 is 1.80 bits per heavy atom. The molecule has 4 heteroatoms. The Morgan fingerprint density at radius 3 is 2.45 bits per heavy atom. The van der Waals surface area contributed by atoms with E-state index in [1.807, 2.05) is 12.1 Å². The van der Waals surface area contributed by atoms with Gasteiger partial charge < -0.3 is 14.4 Å². The lowest BCUT2D eigenvalue weighted by Gasteiger charge is -2.32. The minimum absolute atomic E-state index is 0.400. The normalized spacial score (nSPS) is 26.4. The zero-order valence-electron chi connectivity index (χ0n) is 12.4. The van der Waals surface area contributed by atoms with Gasteiger partial charge in [0, 0.05) is 3.57 Å². The van der Waals surface area contributed by atoms with E-state index < -0.39 is 0 Å². The van der Waals surface area contributed by atoms with Crippen molar-refractivity contribution in [2.45, 2.75) is 38.9 Å². The number of benzene rings is 1. The fourth-order valence-corrected chi connectivity index (χ4v) is 3.15. The number of ether oxygens (including phenoxy) is 2. The molecular weight excluding hydrogens is 365 g/mol. The molecule has 1 saturated heterocycles. The van der Waals surface area contributed by atoms with E-state index in [1.54, 1.807) is 4.90 Å². The smallest absolute Gasteiger partial charge is 0.119 e. The molecule has 1 aromatic carbocycles. The van der Waals surface area contributed by atoms with Gasteiger partial charge in [0.25, 0.3) is 0 Å². The molecule has 112 valence electrons. The molecule has 3 nitrogen and oxygen atoms in total. The van der Waals surface area contributed by atoms with Gasteiger partial charge in [-0.3, -0.25) is 0 Å². The molecule has 0 amide bonds. The topological polar surface area (TPSA) is 22.9 Å². The van der Waals surface area contributed by atoms with Crippen LogP contribution in [0.15, 0.2) is 24.3 Å². The standard InChI is InChI=1S/C16H24INO2/c1-13-11-18(12-14(2)20-13)9-3-4-10-19-16-7-5-15(17)6-8-16/h5-8,13-14H,3-4,9-12H2,1-2H3/p+1/t13-,14+. The number of nitrogens with one attached hydrogen (secondary N) is 1. The first-order valence-corrected chi connectivity index (χ1v) is 8.59. The number of rotatable bonds is 6. The first kappa shape index (κ1) is 16.0. The second kappa shape index (κ2) is 8.20. The highest BCUT2D eigenvalue weighted by Crippen LogP contribution is 2.13. The summed E-state index contributed by atoms with van der Waals surface area (Å²) in [6.45, 7) is 8.68. The predicted octanol–water partition coefficient (Wildman–Crippen LogP) is 2.14. The van der Waals surface area contributed by atoms with Gasteiger partial charge in [0.1, 0.15) is 31.0 Å². The van der Waals surface area contributed by atoms with E-state index in [2.05, 4.69) is 48.6 Å². The molecule has 1 heterocycles. The number of morpholine rings is 1. The van der Waals surface area contributed by atoms with Crippen molar-refractivity contribution < 1.29 is 14.4 Å². The van der Waals surface area contributed by atoms with Crippen molar-refractivity contribution in [1.29, 1.82) is 0 Å². The molecule has 0 aromatic heterocycles. The molecule has 0 bridgehead atoms. The Balaban J connectivity index is 1.58. The monoisotopic (exact) mass is 390 g/mol. The Bertz CT molecular complexity index is 386. The van der Waals surface area contributed by atoms with Gasteiger partial charge in [0.05, 0.1) is 13.2 Å². The molecule has 0 saturated carbocycles. The van der Waals surface area contributed by atoms with Crippen LogP contribution in [0.1, 0.15) is 26.7 Å². The molecule has 0 radical (unpaired) electrons. The Hall–Kier alpha value is -0.330. The Kier molecular flexibility index (Phi) is 6.58. The summed E-state index contributed by atoms with van der Waals surface area (Å²) in [7, 11) is 0. The average Bonchev–Trinajstić information content (AvgIpc) is 2.39. The number of unbranched alkanes of at least 4 members (excludes halogenated alkanes) is 1. The Morgan fingerprint density at radius 1 is 1.15 bits per heavy atom. The van der Waals surface area contributed by atoms with Crippen LogP contribution in [0.5, 0.6) is 5.75 Å². The van der Waals surface area contributed by atoms with Crippen LogP contribution in [0.4, 0.5) is 0 Å². The van der Waals surface area contributed by atoms with E-state index >= 15 is 0 Å². The van der Waals surface area contributed by atoms with E-state index in [0.717, 1.165) is 31.9 Å². The number of halogens is 1. The predicted molar refractivity (Wildman–Crippen MR) is 89.5 cm³/mol. The third kappa shape index (κ3) is 5.58. The summed E-state index contributed by atoms with van der Waals surface area (Å²) in [5.74, 6) is 0.978. The molecule has 0 aliphatic carbocycles. The average molecular weight is 390 g/mol. The molecule has 1 fully saturated rings. The third-order valence-corrected chi connectivity index (χ3v) is 4.34. The summed E-state index contributed by atoms with van der Waals surface area (Å²) in [5, 5.41) is 0. The molecule has 0 spiro atoms. The first-order chi connectivity index (χ1) is 9.63. The largest absolute Gasteiger partial charge is 0.494 e. The van der Waals surface area contributed by atoms with Crippen molar-refractivity contribution in [3.05, 3.63) is 27.8 Å². The van der Waals surface area contributed by atoms with Gasteiger partial charge in [0.2, 0.25) is 0 Å². The van der Waals surface area contributed by atoms with E-state index in [0.29, 0.717) is 12.2 Å². The minimum atomic E-state index is 0.400. The van der Waals surface area contributed by atoms with Crippen LogP contribution in [0, 0.1) is 3.57 Å². The molecular formula is C16H25INO2+. The number of hydrogen-bond acceptors (Lipinski definition) is 2. The summed E-state index contributed by atoms with van der Waals surface area (Å²) in [6.07, 6.45) is 3.15. The van der Waals surface area contributed by atoms with Crippen molar-refractivity contribution in [3.63, 3.8) is 0 Å². The second-order valence-corrected chi connectivity index (χ2v) is 6.92. The van der Waals surface area contributed by atoms with Crippen LogP contribution >= 0.6 is 22.6 Å². The quantitative estimate of drug-likeness (QED) is 0.594. The second-order valence-electron chi connectivity index (χ2n) is 5.68. The molecule has 1 aliphatic heterocycles. The Labute approximate surface area is 135 Å². The van der Waals surface area contributed by atoms with E-state index in [1.165, 1.54) is 16.5 Å². The molecule has 3 atom stereocenters. The van der Waals surface area contributed by atoms with Gasteiger partial charge in [-0.1, -0.05) is 0 Å². The summed E-state index contributed by atoms with van der Waals surface area (Å²) in [5.41, 5.74) is 0. The lowest BCUT2D eigenvalue weighted by Crippen LogP contribution is -3.15. The maximum Gasteiger partial charge on any atom is 0.119 e. The highest BCUT2D eigenvalue weighted by Gasteiger charge is 2.24. The van der Waals surface area contributed by atoms with Gasteiger partial charge in [0.15, 0.2) is 0 Å². The maximum atomic E-state index is 5.77. The number of hydrogen-bond donors (Lipinski definition) is 1. The highest BCUT2D eigenvalue weighted by molar-refractivity contribution is 14.1. The fraction of sp³-hybridized carbons (Fsp3) is 0.625. The lowest BCUT2D eigenvalue weighted by molar-refractivity contribution is -0.915. The van der Waals surface area contributed by atoms with Crippen molar-refractivity contribution >= 4 is 22.6 Å². The zero-order valence-corrected chi connectivity index (χ0v) is 14.6. The molecule has 1 unspecified atom stereocenters. The zero-order chi connectivity index (χ0) is 14.4.